The number of carbonyl (C=O) groups excluding carboxylic acids is 1. The first kappa shape index (κ1) is 13.9. The fraction of sp³-hybridized carbons (Fsp3) is 0. The second kappa shape index (κ2) is 5.72. The molecule has 3 rings (SSSR count). The molecule has 0 saturated heterocycles. The Morgan fingerprint density at radius 3 is 2.43 bits per heavy atom. The molecule has 5 heteroatoms. The molecule has 1 heterocycles. The molecule has 0 radical (unpaired) electrons. The maximum Gasteiger partial charge on any atom is 0.363 e. The van der Waals surface area contributed by atoms with Crippen molar-refractivity contribution >= 4 is 41.1 Å². The third kappa shape index (κ3) is 3.15. The molecule has 0 spiro atoms. The molecular weight excluding hydrogens is 309 g/mol. The molecule has 104 valence electrons. The van der Waals surface area contributed by atoms with Crippen LogP contribution in [0.2, 0.25) is 10.0 Å². The van der Waals surface area contributed by atoms with Crippen LogP contribution in [0.4, 0.5) is 0 Å². The van der Waals surface area contributed by atoms with E-state index >= 15 is 0 Å². The van der Waals surface area contributed by atoms with Gasteiger partial charge in [-0.2, -0.15) is 0 Å². The van der Waals surface area contributed by atoms with E-state index in [1.165, 1.54) is 0 Å². The average Bonchev–Trinajstić information content (AvgIpc) is 2.80. The SMILES string of the molecule is O=C1OC(c2cccc(Cl)c2)=N/C1=C/c1cccc(Cl)c1. The summed E-state index contributed by atoms with van der Waals surface area (Å²) in [6, 6.07) is 14.1. The van der Waals surface area contributed by atoms with E-state index in [0.717, 1.165) is 5.56 Å². The van der Waals surface area contributed by atoms with E-state index in [1.54, 1.807) is 48.5 Å². The normalized spacial score (nSPS) is 16.0. The van der Waals surface area contributed by atoms with Crippen LogP contribution in [-0.2, 0) is 9.53 Å². The van der Waals surface area contributed by atoms with Gasteiger partial charge in [0.1, 0.15) is 0 Å². The van der Waals surface area contributed by atoms with E-state index in [4.69, 9.17) is 27.9 Å². The zero-order chi connectivity index (χ0) is 14.8. The number of halogens is 2. The Bertz CT molecular complexity index is 781. The highest BCUT2D eigenvalue weighted by Gasteiger charge is 2.24. The molecule has 0 unspecified atom stereocenters. The molecule has 0 bridgehead atoms. The summed E-state index contributed by atoms with van der Waals surface area (Å²) in [6.07, 6.45) is 1.63. The molecule has 0 fully saturated rings. The molecule has 0 saturated carbocycles. The lowest BCUT2D eigenvalue weighted by molar-refractivity contribution is -0.129. The Balaban J connectivity index is 1.95. The van der Waals surface area contributed by atoms with E-state index in [1.807, 2.05) is 6.07 Å². The number of benzene rings is 2. The lowest BCUT2D eigenvalue weighted by atomic mass is 10.2. The summed E-state index contributed by atoms with van der Waals surface area (Å²) in [5.74, 6) is -0.249. The van der Waals surface area contributed by atoms with E-state index < -0.39 is 5.97 Å². The summed E-state index contributed by atoms with van der Waals surface area (Å²) in [5, 5.41) is 1.15. The highest BCUT2D eigenvalue weighted by Crippen LogP contribution is 2.21. The molecule has 1 aliphatic heterocycles. The first-order chi connectivity index (χ1) is 10.1. The van der Waals surface area contributed by atoms with Crippen LogP contribution >= 0.6 is 23.2 Å². The minimum Gasteiger partial charge on any atom is -0.402 e. The van der Waals surface area contributed by atoms with Gasteiger partial charge in [-0.1, -0.05) is 41.4 Å². The Labute approximate surface area is 131 Å². The van der Waals surface area contributed by atoms with E-state index in [2.05, 4.69) is 4.99 Å². The highest BCUT2D eigenvalue weighted by atomic mass is 35.5. The van der Waals surface area contributed by atoms with Gasteiger partial charge in [-0.25, -0.2) is 9.79 Å². The van der Waals surface area contributed by atoms with E-state index in [0.29, 0.717) is 15.6 Å². The summed E-state index contributed by atoms with van der Waals surface area (Å²) in [4.78, 5) is 16.1. The van der Waals surface area contributed by atoms with Gasteiger partial charge in [-0.15, -0.1) is 0 Å². The molecule has 0 amide bonds. The zero-order valence-electron chi connectivity index (χ0n) is 10.7. The van der Waals surface area contributed by atoms with Crippen molar-refractivity contribution in [1.29, 1.82) is 0 Å². The molecular formula is C16H9Cl2NO2. The van der Waals surface area contributed by atoms with Gasteiger partial charge < -0.3 is 4.74 Å². The molecule has 21 heavy (non-hydrogen) atoms. The van der Waals surface area contributed by atoms with Crippen molar-refractivity contribution < 1.29 is 9.53 Å². The number of esters is 1. The largest absolute Gasteiger partial charge is 0.402 e. The summed E-state index contributed by atoms with van der Waals surface area (Å²) in [6.45, 7) is 0. The van der Waals surface area contributed by atoms with Crippen LogP contribution in [-0.4, -0.2) is 11.9 Å². The summed E-state index contributed by atoms with van der Waals surface area (Å²) in [7, 11) is 0. The molecule has 0 atom stereocenters. The van der Waals surface area contributed by atoms with Crippen LogP contribution < -0.4 is 0 Å². The van der Waals surface area contributed by atoms with Crippen molar-refractivity contribution in [2.75, 3.05) is 0 Å². The Hall–Kier alpha value is -2.10. The lowest BCUT2D eigenvalue weighted by Gasteiger charge is -1.98. The Morgan fingerprint density at radius 1 is 1.00 bits per heavy atom. The Morgan fingerprint density at radius 2 is 1.71 bits per heavy atom. The molecule has 0 aliphatic carbocycles. The lowest BCUT2D eigenvalue weighted by Crippen LogP contribution is -2.05. The van der Waals surface area contributed by atoms with Crippen LogP contribution in [0, 0.1) is 0 Å². The minimum atomic E-state index is -0.495. The van der Waals surface area contributed by atoms with E-state index in [-0.39, 0.29) is 11.6 Å². The van der Waals surface area contributed by atoms with Gasteiger partial charge in [0.25, 0.3) is 0 Å². The zero-order valence-corrected chi connectivity index (χ0v) is 12.2. The maximum atomic E-state index is 11.9. The first-order valence-corrected chi connectivity index (χ1v) is 6.91. The number of cyclic esters (lactones) is 1. The van der Waals surface area contributed by atoms with Gasteiger partial charge in [0.15, 0.2) is 5.70 Å². The first-order valence-electron chi connectivity index (χ1n) is 6.16. The molecule has 2 aromatic rings. The molecule has 0 aromatic heterocycles. The van der Waals surface area contributed by atoms with Crippen molar-refractivity contribution in [2.24, 2.45) is 4.99 Å². The van der Waals surface area contributed by atoms with Gasteiger partial charge in [0, 0.05) is 15.6 Å². The topological polar surface area (TPSA) is 38.7 Å². The fourth-order valence-corrected chi connectivity index (χ4v) is 2.30. The van der Waals surface area contributed by atoms with Crippen LogP contribution in [0.3, 0.4) is 0 Å². The van der Waals surface area contributed by atoms with Gasteiger partial charge in [0.05, 0.1) is 0 Å². The fourth-order valence-electron chi connectivity index (χ4n) is 1.91. The number of hydrogen-bond acceptors (Lipinski definition) is 3. The molecule has 1 aliphatic rings. The number of carbonyl (C=O) groups is 1. The second-order valence-electron chi connectivity index (χ2n) is 4.40. The third-order valence-electron chi connectivity index (χ3n) is 2.84. The third-order valence-corrected chi connectivity index (χ3v) is 3.31. The van der Waals surface area contributed by atoms with Crippen molar-refractivity contribution in [2.45, 2.75) is 0 Å². The highest BCUT2D eigenvalue weighted by molar-refractivity contribution is 6.31. The Kier molecular flexibility index (Phi) is 3.78. The smallest absolute Gasteiger partial charge is 0.363 e. The predicted octanol–water partition coefficient (Wildman–Crippen LogP) is 4.34. The monoisotopic (exact) mass is 317 g/mol. The minimum absolute atomic E-state index is 0.229. The van der Waals surface area contributed by atoms with E-state index in [9.17, 15) is 4.79 Å². The van der Waals surface area contributed by atoms with Crippen LogP contribution in [0.5, 0.6) is 0 Å². The van der Waals surface area contributed by atoms with Gasteiger partial charge in [-0.3, -0.25) is 0 Å². The molecule has 2 aromatic carbocycles. The van der Waals surface area contributed by atoms with Crippen molar-refractivity contribution in [3.8, 4) is 0 Å². The van der Waals surface area contributed by atoms with Crippen LogP contribution in [0.25, 0.3) is 6.08 Å². The van der Waals surface area contributed by atoms with Gasteiger partial charge >= 0.3 is 5.97 Å². The maximum absolute atomic E-state index is 11.9. The van der Waals surface area contributed by atoms with Crippen molar-refractivity contribution in [3.05, 3.63) is 75.4 Å². The second-order valence-corrected chi connectivity index (χ2v) is 5.27. The van der Waals surface area contributed by atoms with Gasteiger partial charge in [-0.05, 0) is 42.0 Å². The van der Waals surface area contributed by atoms with Gasteiger partial charge in [0.2, 0.25) is 5.90 Å². The summed E-state index contributed by atoms with van der Waals surface area (Å²) >= 11 is 11.8. The van der Waals surface area contributed by atoms with Crippen LogP contribution in [0.15, 0.2) is 59.2 Å². The number of rotatable bonds is 2. The van der Waals surface area contributed by atoms with Crippen LogP contribution in [0.1, 0.15) is 11.1 Å². The summed E-state index contributed by atoms with van der Waals surface area (Å²) in [5.41, 5.74) is 1.67. The molecule has 3 nitrogen and oxygen atoms in total. The quantitative estimate of drug-likeness (QED) is 0.610. The number of ether oxygens (including phenoxy) is 1. The standard InChI is InChI=1S/C16H9Cl2NO2/c17-12-5-1-3-10(7-12)8-14-16(20)21-15(19-14)11-4-2-6-13(18)9-11/h1-9H/b14-8+. The number of hydrogen-bond donors (Lipinski definition) is 0. The van der Waals surface area contributed by atoms with Crippen molar-refractivity contribution in [3.63, 3.8) is 0 Å². The number of aliphatic imine (C=N–C) groups is 1. The number of nitrogens with zero attached hydrogens (tertiary/aromatic N) is 1. The summed E-state index contributed by atoms with van der Waals surface area (Å²) < 4.78 is 5.17. The van der Waals surface area contributed by atoms with Crippen molar-refractivity contribution in [1.82, 2.24) is 0 Å². The molecule has 0 N–H and O–H groups in total. The average molecular weight is 318 g/mol. The predicted molar refractivity (Wildman–Crippen MR) is 83.5 cm³/mol.